The molecule has 2 rings (SSSR count). The second-order valence-electron chi connectivity index (χ2n) is 5.00. The van der Waals surface area contributed by atoms with Crippen molar-refractivity contribution in [1.29, 1.82) is 0 Å². The molecule has 0 aliphatic heterocycles. The predicted octanol–water partition coefficient (Wildman–Crippen LogP) is 4.44. The molecule has 2 N–H and O–H groups in total. The van der Waals surface area contributed by atoms with Crippen LogP contribution >= 0.6 is 11.8 Å². The molecule has 0 bridgehead atoms. The van der Waals surface area contributed by atoms with Crippen LogP contribution in [0.1, 0.15) is 19.4 Å². The molecule has 0 saturated heterocycles. The second-order valence-corrected chi connectivity index (χ2v) is 6.69. The van der Waals surface area contributed by atoms with E-state index in [9.17, 15) is 4.39 Å². The summed E-state index contributed by atoms with van der Waals surface area (Å²) in [6.45, 7) is 4.21. The van der Waals surface area contributed by atoms with Crippen LogP contribution in [0.15, 0.2) is 47.4 Å². The maximum Gasteiger partial charge on any atom is 0.146 e. The second kappa shape index (κ2) is 5.75. The van der Waals surface area contributed by atoms with E-state index in [-0.39, 0.29) is 16.3 Å². The van der Waals surface area contributed by atoms with Gasteiger partial charge in [-0.3, -0.25) is 0 Å². The molecule has 0 spiro atoms. The molecule has 0 aliphatic rings. The van der Waals surface area contributed by atoms with Gasteiger partial charge in [0.25, 0.3) is 0 Å². The van der Waals surface area contributed by atoms with Crippen LogP contribution in [0, 0.1) is 5.82 Å². The van der Waals surface area contributed by atoms with Crippen molar-refractivity contribution in [3.63, 3.8) is 0 Å². The van der Waals surface area contributed by atoms with Gasteiger partial charge < -0.3 is 10.5 Å². The monoisotopic (exact) mass is 291 g/mol. The predicted molar refractivity (Wildman–Crippen MR) is 82.7 cm³/mol. The van der Waals surface area contributed by atoms with Crippen molar-refractivity contribution in [2.24, 2.45) is 0 Å². The van der Waals surface area contributed by atoms with Gasteiger partial charge >= 0.3 is 0 Å². The molecule has 0 saturated carbocycles. The van der Waals surface area contributed by atoms with Crippen molar-refractivity contribution in [1.82, 2.24) is 0 Å². The van der Waals surface area contributed by atoms with Gasteiger partial charge in [0.2, 0.25) is 0 Å². The number of anilines is 1. The topological polar surface area (TPSA) is 35.2 Å². The van der Waals surface area contributed by atoms with E-state index in [1.807, 2.05) is 24.3 Å². The molecule has 0 heterocycles. The molecule has 2 aromatic rings. The fourth-order valence-electron chi connectivity index (χ4n) is 2.08. The van der Waals surface area contributed by atoms with E-state index >= 15 is 0 Å². The van der Waals surface area contributed by atoms with Gasteiger partial charge in [0.05, 0.1) is 12.8 Å². The highest BCUT2D eigenvalue weighted by molar-refractivity contribution is 8.00. The summed E-state index contributed by atoms with van der Waals surface area (Å²) in [4.78, 5) is 0.930. The summed E-state index contributed by atoms with van der Waals surface area (Å²) in [6.07, 6.45) is 0. The lowest BCUT2D eigenvalue weighted by Gasteiger charge is -2.26. The van der Waals surface area contributed by atoms with E-state index < -0.39 is 0 Å². The highest BCUT2D eigenvalue weighted by Crippen LogP contribution is 2.44. The van der Waals surface area contributed by atoms with Crippen LogP contribution in [-0.4, -0.2) is 7.11 Å². The molecular weight excluding hydrogens is 273 g/mol. The van der Waals surface area contributed by atoms with Gasteiger partial charge in [-0.15, -0.1) is 11.8 Å². The summed E-state index contributed by atoms with van der Waals surface area (Å²) >= 11 is 1.62. The first-order chi connectivity index (χ1) is 9.44. The average Bonchev–Trinajstić information content (AvgIpc) is 2.42. The summed E-state index contributed by atoms with van der Waals surface area (Å²) < 4.78 is 18.4. The zero-order valence-electron chi connectivity index (χ0n) is 11.8. The minimum atomic E-state index is -0.385. The fraction of sp³-hybridized carbons (Fsp3) is 0.250. The molecule has 0 radical (unpaired) electrons. The SMILES string of the molecule is COc1ccccc1C(C)(C)Sc1ccc(F)c(N)c1. The first-order valence-electron chi connectivity index (χ1n) is 6.31. The summed E-state index contributed by atoms with van der Waals surface area (Å²) in [5, 5.41) is 0. The lowest BCUT2D eigenvalue weighted by Crippen LogP contribution is -2.13. The third-order valence-corrected chi connectivity index (χ3v) is 4.32. The number of thioether (sulfide) groups is 1. The molecule has 20 heavy (non-hydrogen) atoms. The number of benzene rings is 2. The maximum absolute atomic E-state index is 13.2. The van der Waals surface area contributed by atoms with E-state index in [0.29, 0.717) is 0 Å². The third-order valence-electron chi connectivity index (χ3n) is 3.10. The van der Waals surface area contributed by atoms with E-state index in [4.69, 9.17) is 10.5 Å². The Kier molecular flexibility index (Phi) is 4.23. The van der Waals surface area contributed by atoms with Gasteiger partial charge in [0.15, 0.2) is 0 Å². The van der Waals surface area contributed by atoms with Gasteiger partial charge in [0, 0.05) is 15.2 Å². The number of ether oxygens (including phenoxy) is 1. The van der Waals surface area contributed by atoms with Crippen molar-refractivity contribution in [2.45, 2.75) is 23.5 Å². The van der Waals surface area contributed by atoms with Gasteiger partial charge in [0.1, 0.15) is 11.6 Å². The Bertz CT molecular complexity index is 613. The van der Waals surface area contributed by atoms with Crippen molar-refractivity contribution >= 4 is 17.4 Å². The molecule has 0 aliphatic carbocycles. The number of halogens is 1. The average molecular weight is 291 g/mol. The Hall–Kier alpha value is -1.68. The molecule has 2 aromatic carbocycles. The molecule has 0 amide bonds. The molecule has 0 atom stereocenters. The van der Waals surface area contributed by atoms with Gasteiger partial charge in [-0.1, -0.05) is 18.2 Å². The Morgan fingerprint density at radius 3 is 2.50 bits per heavy atom. The number of nitrogen functional groups attached to an aromatic ring is 1. The van der Waals surface area contributed by atoms with Gasteiger partial charge in [-0.25, -0.2) is 4.39 Å². The van der Waals surface area contributed by atoms with E-state index in [1.54, 1.807) is 31.0 Å². The highest BCUT2D eigenvalue weighted by Gasteiger charge is 2.25. The number of nitrogens with two attached hydrogens (primary N) is 1. The smallest absolute Gasteiger partial charge is 0.146 e. The van der Waals surface area contributed by atoms with Crippen LogP contribution in [0.3, 0.4) is 0 Å². The largest absolute Gasteiger partial charge is 0.496 e. The first kappa shape index (κ1) is 14.7. The lowest BCUT2D eigenvalue weighted by molar-refractivity contribution is 0.405. The number of rotatable bonds is 4. The summed E-state index contributed by atoms with van der Waals surface area (Å²) in [6, 6.07) is 12.7. The Balaban J connectivity index is 2.32. The van der Waals surface area contributed by atoms with Crippen molar-refractivity contribution in [3.8, 4) is 5.75 Å². The minimum absolute atomic E-state index is 0.172. The van der Waals surface area contributed by atoms with Crippen molar-refractivity contribution < 1.29 is 9.13 Å². The quantitative estimate of drug-likeness (QED) is 0.668. The van der Waals surface area contributed by atoms with Crippen LogP contribution < -0.4 is 10.5 Å². The van der Waals surface area contributed by atoms with E-state index in [0.717, 1.165) is 16.2 Å². The molecular formula is C16H18FNOS. The first-order valence-corrected chi connectivity index (χ1v) is 7.13. The Morgan fingerprint density at radius 2 is 1.85 bits per heavy atom. The number of methoxy groups -OCH3 is 1. The van der Waals surface area contributed by atoms with Gasteiger partial charge in [-0.2, -0.15) is 0 Å². The van der Waals surface area contributed by atoms with Crippen LogP contribution in [0.5, 0.6) is 5.75 Å². The molecule has 0 aromatic heterocycles. The van der Waals surface area contributed by atoms with Crippen molar-refractivity contribution in [3.05, 3.63) is 53.8 Å². The maximum atomic E-state index is 13.2. The zero-order chi connectivity index (χ0) is 14.8. The number of para-hydroxylation sites is 1. The number of hydrogen-bond donors (Lipinski definition) is 1. The third kappa shape index (κ3) is 3.07. The van der Waals surface area contributed by atoms with Crippen LogP contribution in [0.25, 0.3) is 0 Å². The molecule has 4 heteroatoms. The molecule has 0 fully saturated rings. The Labute approximate surface area is 123 Å². The summed E-state index contributed by atoms with van der Waals surface area (Å²) in [7, 11) is 1.66. The van der Waals surface area contributed by atoms with Gasteiger partial charge in [-0.05, 0) is 38.1 Å². The minimum Gasteiger partial charge on any atom is -0.496 e. The standard InChI is InChI=1S/C16H18FNOS/c1-16(2,12-6-4-5-7-15(12)19-3)20-11-8-9-13(17)14(18)10-11/h4-10H,18H2,1-3H3. The highest BCUT2D eigenvalue weighted by atomic mass is 32.2. The van der Waals surface area contributed by atoms with Crippen LogP contribution in [0.2, 0.25) is 0 Å². The number of hydrogen-bond acceptors (Lipinski definition) is 3. The molecule has 0 unspecified atom stereocenters. The van der Waals surface area contributed by atoms with E-state index in [1.165, 1.54) is 6.07 Å². The van der Waals surface area contributed by atoms with Crippen LogP contribution in [-0.2, 0) is 4.75 Å². The normalized spacial score (nSPS) is 11.4. The zero-order valence-corrected chi connectivity index (χ0v) is 12.6. The van der Waals surface area contributed by atoms with Crippen LogP contribution in [0.4, 0.5) is 10.1 Å². The lowest BCUT2D eigenvalue weighted by atomic mass is 10.0. The summed E-state index contributed by atoms with van der Waals surface area (Å²) in [5.41, 5.74) is 6.89. The Morgan fingerprint density at radius 1 is 1.15 bits per heavy atom. The molecule has 2 nitrogen and oxygen atoms in total. The molecule has 106 valence electrons. The fourth-order valence-corrected chi connectivity index (χ4v) is 3.27. The summed E-state index contributed by atoms with van der Waals surface area (Å²) in [5.74, 6) is 0.463. The van der Waals surface area contributed by atoms with E-state index in [2.05, 4.69) is 13.8 Å². The van der Waals surface area contributed by atoms with Crippen molar-refractivity contribution in [2.75, 3.05) is 12.8 Å².